The molecule has 3 aliphatic heterocycles. The minimum Gasteiger partial charge on any atom is -0.456 e. The van der Waals surface area contributed by atoms with Gasteiger partial charge in [-0.05, 0) is 103 Å². The second-order valence-electron chi connectivity index (χ2n) is 20.7. The summed E-state index contributed by atoms with van der Waals surface area (Å²) in [5.41, 5.74) is 17.6. The highest BCUT2D eigenvalue weighted by molar-refractivity contribution is 6.94. The first-order valence-electron chi connectivity index (χ1n) is 20.6. The Bertz CT molecular complexity index is 2820. The number of ether oxygens (including phenoxy) is 1. The lowest BCUT2D eigenvalue weighted by atomic mass is 9.43. The molecule has 0 saturated heterocycles. The predicted molar refractivity (Wildman–Crippen MR) is 242 cm³/mol. The van der Waals surface area contributed by atoms with Gasteiger partial charge in [-0.1, -0.05) is 138 Å². The summed E-state index contributed by atoms with van der Waals surface area (Å²) in [6.45, 7) is 27.5. The average Bonchev–Trinajstić information content (AvgIpc) is 3.51. The minimum atomic E-state index is -0.119. The van der Waals surface area contributed by atoms with Crippen molar-refractivity contribution >= 4 is 68.1 Å². The van der Waals surface area contributed by atoms with Gasteiger partial charge in [0.2, 0.25) is 0 Å². The first-order valence-corrected chi connectivity index (χ1v) is 20.6. The highest BCUT2D eigenvalue weighted by atomic mass is 16.5. The van der Waals surface area contributed by atoms with Crippen molar-refractivity contribution in [2.75, 3.05) is 9.71 Å². The molecule has 0 unspecified atom stereocenters. The van der Waals surface area contributed by atoms with Gasteiger partial charge in [0.05, 0.1) is 11.4 Å². The monoisotopic (exact) mass is 748 g/mol. The van der Waals surface area contributed by atoms with Gasteiger partial charge in [0.15, 0.2) is 5.75 Å². The third-order valence-corrected chi connectivity index (χ3v) is 12.6. The molecule has 1 aromatic heterocycles. The van der Waals surface area contributed by atoms with Crippen molar-refractivity contribution in [1.82, 2.24) is 0 Å². The number of nitrogens with zero attached hydrogens (tertiary/aromatic N) is 2. The predicted octanol–water partition coefficient (Wildman–Crippen LogP) is 13.6. The number of anilines is 5. The Morgan fingerprint density at radius 3 is 1.81 bits per heavy atom. The summed E-state index contributed by atoms with van der Waals surface area (Å²) in [7, 11) is 0. The molecule has 3 aliphatic rings. The molecule has 0 radical (unpaired) electrons. The smallest absolute Gasteiger partial charge is 0.333 e. The van der Waals surface area contributed by atoms with E-state index in [2.05, 4.69) is 196 Å². The van der Waals surface area contributed by atoms with E-state index in [0.29, 0.717) is 0 Å². The Balaban J connectivity index is 1.38. The highest BCUT2D eigenvalue weighted by Gasteiger charge is 2.49. The van der Waals surface area contributed by atoms with E-state index in [1.165, 1.54) is 55.7 Å². The number of furan rings is 1. The maximum absolute atomic E-state index is 7.09. The van der Waals surface area contributed by atoms with Crippen LogP contribution in [0.3, 0.4) is 0 Å². The largest absolute Gasteiger partial charge is 0.456 e. The van der Waals surface area contributed by atoms with Crippen molar-refractivity contribution in [3.8, 4) is 22.6 Å². The van der Waals surface area contributed by atoms with Crippen molar-refractivity contribution in [3.63, 3.8) is 0 Å². The molecular formula is C52H53BN2O2. The zero-order valence-electron chi connectivity index (χ0n) is 35.6. The zero-order chi connectivity index (χ0) is 40.1. The van der Waals surface area contributed by atoms with Crippen LogP contribution < -0.4 is 25.4 Å². The summed E-state index contributed by atoms with van der Waals surface area (Å²) >= 11 is 0. The van der Waals surface area contributed by atoms with Gasteiger partial charge in [-0.3, -0.25) is 0 Å². The van der Waals surface area contributed by atoms with Gasteiger partial charge in [0.1, 0.15) is 16.9 Å². The SMILES string of the molecule is CC(C)(C)c1ccc(N2c3cc(C(C)(C)C)ccc3B3c4c(cc(C(C)(C)C)cc42)-c2c4c(cc5oc6ccccc6c25)Oc2cc(C(C)(C)C)ccc2N34)cc1. The molecular weight excluding hydrogens is 695 g/mol. The standard InChI is InChI=1S/C52H53BN2O2/c1-49(2,3)30-17-21-34(22-18-30)54-39-26-31(50(4,5)6)19-23-37(39)53-47-36(25-33(27-40(47)54)52(10,11)12)46-45-35-15-13-14-16-41(35)56-43(45)29-44-48(46)55(53)38-24-20-32(51(7,8)9)28-42(38)57-44/h13-29H,1-12H3. The number of hydrogen-bond acceptors (Lipinski definition) is 4. The fourth-order valence-corrected chi connectivity index (χ4v) is 9.33. The molecule has 0 amide bonds. The Morgan fingerprint density at radius 1 is 0.509 bits per heavy atom. The summed E-state index contributed by atoms with van der Waals surface area (Å²) in [6, 6.07) is 39.0. The molecule has 7 aromatic rings. The van der Waals surface area contributed by atoms with Gasteiger partial charge in [-0.2, -0.15) is 0 Å². The lowest BCUT2D eigenvalue weighted by Crippen LogP contribution is -2.62. The Morgan fingerprint density at radius 2 is 1.12 bits per heavy atom. The minimum absolute atomic E-state index is 0.0370. The fraction of sp³-hybridized carbons (Fsp3) is 0.308. The Labute approximate surface area is 338 Å². The van der Waals surface area contributed by atoms with E-state index in [9.17, 15) is 0 Å². The molecule has 0 fully saturated rings. The van der Waals surface area contributed by atoms with E-state index < -0.39 is 0 Å². The molecule has 6 aromatic carbocycles. The normalized spacial score (nSPS) is 14.7. The lowest BCUT2D eigenvalue weighted by molar-refractivity contribution is 0.474. The van der Waals surface area contributed by atoms with Crippen molar-refractivity contribution in [3.05, 3.63) is 125 Å². The number of benzene rings is 6. The summed E-state index contributed by atoms with van der Waals surface area (Å²) in [4.78, 5) is 5.17. The first kappa shape index (κ1) is 36.0. The third-order valence-electron chi connectivity index (χ3n) is 12.6. The van der Waals surface area contributed by atoms with Crippen LogP contribution in [0.5, 0.6) is 11.5 Å². The third kappa shape index (κ3) is 5.34. The zero-order valence-corrected chi connectivity index (χ0v) is 35.6. The Hall–Kier alpha value is -5.42. The van der Waals surface area contributed by atoms with E-state index in [-0.39, 0.29) is 28.5 Å². The second-order valence-corrected chi connectivity index (χ2v) is 20.7. The molecule has 0 N–H and O–H groups in total. The molecule has 286 valence electrons. The Kier molecular flexibility index (Phi) is 7.31. The van der Waals surface area contributed by atoms with Gasteiger partial charge in [-0.15, -0.1) is 0 Å². The number of rotatable bonds is 1. The van der Waals surface area contributed by atoms with Crippen molar-refractivity contribution in [2.24, 2.45) is 0 Å². The topological polar surface area (TPSA) is 28.9 Å². The maximum Gasteiger partial charge on any atom is 0.333 e. The molecule has 0 aliphatic carbocycles. The quantitative estimate of drug-likeness (QED) is 0.156. The maximum atomic E-state index is 7.09. The highest BCUT2D eigenvalue weighted by Crippen LogP contribution is 2.59. The van der Waals surface area contributed by atoms with Crippen LogP contribution in [-0.2, 0) is 21.7 Å². The van der Waals surface area contributed by atoms with E-state index in [4.69, 9.17) is 9.15 Å². The van der Waals surface area contributed by atoms with E-state index in [0.717, 1.165) is 50.5 Å². The summed E-state index contributed by atoms with van der Waals surface area (Å²) in [6.07, 6.45) is 0. The van der Waals surface area contributed by atoms with Crippen LogP contribution in [0, 0.1) is 0 Å². The van der Waals surface area contributed by atoms with Crippen LogP contribution in [0.1, 0.15) is 105 Å². The van der Waals surface area contributed by atoms with Gasteiger partial charge in [-0.25, -0.2) is 0 Å². The number of para-hydroxylation sites is 1. The molecule has 4 nitrogen and oxygen atoms in total. The molecule has 0 atom stereocenters. The van der Waals surface area contributed by atoms with Crippen molar-refractivity contribution < 1.29 is 9.15 Å². The summed E-state index contributed by atoms with van der Waals surface area (Å²) in [5, 5.41) is 2.25. The van der Waals surface area contributed by atoms with Crippen LogP contribution >= 0.6 is 0 Å². The first-order chi connectivity index (χ1) is 26.8. The summed E-state index contributed by atoms with van der Waals surface area (Å²) in [5.74, 6) is 1.71. The molecule has 4 heterocycles. The van der Waals surface area contributed by atoms with Crippen LogP contribution in [0.2, 0.25) is 0 Å². The molecule has 57 heavy (non-hydrogen) atoms. The molecule has 5 heteroatoms. The lowest BCUT2D eigenvalue weighted by Gasteiger charge is -2.48. The molecule has 0 spiro atoms. The average molecular weight is 749 g/mol. The van der Waals surface area contributed by atoms with Crippen molar-refractivity contribution in [1.29, 1.82) is 0 Å². The molecule has 0 saturated carbocycles. The number of fused-ring (bicyclic) bond motifs is 10. The van der Waals surface area contributed by atoms with Crippen LogP contribution in [0.25, 0.3) is 33.1 Å². The van der Waals surface area contributed by atoms with Gasteiger partial charge >= 0.3 is 6.85 Å². The summed E-state index contributed by atoms with van der Waals surface area (Å²) < 4.78 is 13.8. The van der Waals surface area contributed by atoms with Crippen LogP contribution in [-0.4, -0.2) is 6.85 Å². The molecule has 10 rings (SSSR count). The second kappa shape index (κ2) is 11.6. The van der Waals surface area contributed by atoms with Crippen molar-refractivity contribution in [2.45, 2.75) is 105 Å². The fourth-order valence-electron chi connectivity index (χ4n) is 9.33. The van der Waals surface area contributed by atoms with Gasteiger partial charge < -0.3 is 18.9 Å². The number of hydrogen-bond donors (Lipinski definition) is 0. The van der Waals surface area contributed by atoms with E-state index in [1.54, 1.807) is 0 Å². The van der Waals surface area contributed by atoms with E-state index >= 15 is 0 Å². The van der Waals surface area contributed by atoms with E-state index in [1.807, 2.05) is 0 Å². The van der Waals surface area contributed by atoms with Crippen LogP contribution in [0.15, 0.2) is 108 Å². The van der Waals surface area contributed by atoms with Gasteiger partial charge in [0, 0.05) is 39.5 Å². The molecule has 0 bridgehead atoms. The van der Waals surface area contributed by atoms with Gasteiger partial charge in [0.25, 0.3) is 0 Å². The van der Waals surface area contributed by atoms with Crippen LogP contribution in [0.4, 0.5) is 28.4 Å².